The molecule has 4 rings (SSSR count). The average Bonchev–Trinajstić information content (AvgIpc) is 2.74. The molecule has 30 heavy (non-hydrogen) atoms. The fraction of sp³-hybridized carbons (Fsp3) is 0.500. The van der Waals surface area contributed by atoms with Crippen molar-refractivity contribution in [3.63, 3.8) is 0 Å². The van der Waals surface area contributed by atoms with Crippen molar-refractivity contribution in [3.05, 3.63) is 35.6 Å². The quantitative estimate of drug-likeness (QED) is 0.657. The number of likely N-dealkylation sites (tertiary alicyclic amines) is 1. The first kappa shape index (κ1) is 20.3. The zero-order valence-electron chi connectivity index (χ0n) is 17.2. The largest absolute Gasteiger partial charge is 0.511 e. The fourth-order valence-electron chi connectivity index (χ4n) is 4.55. The lowest BCUT2D eigenvalue weighted by Gasteiger charge is -2.40. The van der Waals surface area contributed by atoms with Crippen LogP contribution in [-0.2, 0) is 14.4 Å². The summed E-state index contributed by atoms with van der Waals surface area (Å²) in [5.41, 5.74) is 1.39. The molecule has 3 heterocycles. The number of aliphatic hydroxyl groups excluding tert-OH is 1. The van der Waals surface area contributed by atoms with Gasteiger partial charge < -0.3 is 25.5 Å². The number of aliphatic hydroxyl groups is 1. The van der Waals surface area contributed by atoms with E-state index in [9.17, 15) is 19.5 Å². The Morgan fingerprint density at radius 3 is 2.47 bits per heavy atom. The second-order valence-corrected chi connectivity index (χ2v) is 8.25. The summed E-state index contributed by atoms with van der Waals surface area (Å²) >= 11 is 0. The Labute approximate surface area is 175 Å². The van der Waals surface area contributed by atoms with Gasteiger partial charge in [-0.15, -0.1) is 0 Å². The molecule has 2 fully saturated rings. The van der Waals surface area contributed by atoms with E-state index in [-0.39, 0.29) is 29.8 Å². The Hall–Kier alpha value is -3.03. The number of hydrogen-bond donors (Lipinski definition) is 3. The Bertz CT molecular complexity index is 874. The zero-order valence-corrected chi connectivity index (χ0v) is 17.2. The third kappa shape index (κ3) is 3.99. The van der Waals surface area contributed by atoms with Crippen LogP contribution in [0.5, 0.6) is 0 Å². The molecule has 8 nitrogen and oxygen atoms in total. The van der Waals surface area contributed by atoms with Gasteiger partial charge in [-0.3, -0.25) is 14.4 Å². The van der Waals surface area contributed by atoms with Gasteiger partial charge in [0.1, 0.15) is 11.3 Å². The number of hydrogen-bond acceptors (Lipinski definition) is 5. The summed E-state index contributed by atoms with van der Waals surface area (Å²) in [4.78, 5) is 40.9. The Kier molecular flexibility index (Phi) is 5.65. The molecule has 160 valence electrons. The molecular weight excluding hydrogens is 384 g/mol. The fourth-order valence-corrected chi connectivity index (χ4v) is 4.55. The van der Waals surface area contributed by atoms with Gasteiger partial charge in [-0.05, 0) is 49.9 Å². The molecule has 0 aliphatic carbocycles. The van der Waals surface area contributed by atoms with Gasteiger partial charge in [-0.2, -0.15) is 0 Å². The lowest BCUT2D eigenvalue weighted by molar-refractivity contribution is -0.131. The van der Waals surface area contributed by atoms with Gasteiger partial charge in [0.05, 0.1) is 5.92 Å². The van der Waals surface area contributed by atoms with Crippen LogP contribution in [0, 0.1) is 5.92 Å². The molecule has 0 radical (unpaired) electrons. The third-order valence-electron chi connectivity index (χ3n) is 6.28. The number of carbonyl (C=O) groups is 3. The predicted molar refractivity (Wildman–Crippen MR) is 113 cm³/mol. The van der Waals surface area contributed by atoms with Crippen molar-refractivity contribution in [2.24, 2.45) is 5.92 Å². The van der Waals surface area contributed by atoms with E-state index in [4.69, 9.17) is 0 Å². The molecule has 3 amide bonds. The van der Waals surface area contributed by atoms with Gasteiger partial charge >= 0.3 is 0 Å². The summed E-state index contributed by atoms with van der Waals surface area (Å²) in [5.74, 6) is -2.01. The van der Waals surface area contributed by atoms with Crippen LogP contribution in [-0.4, -0.2) is 59.9 Å². The maximum atomic E-state index is 12.8. The SMILES string of the molecule is CC(=O)N1CCC2NC(=O)C(C(=O)Nc3ccc(N4CCCCC4)cc3)=C(O)C2C1. The van der Waals surface area contributed by atoms with Crippen LogP contribution in [0.3, 0.4) is 0 Å². The number of benzene rings is 1. The summed E-state index contributed by atoms with van der Waals surface area (Å²) < 4.78 is 0. The van der Waals surface area contributed by atoms with Gasteiger partial charge in [-0.25, -0.2) is 0 Å². The van der Waals surface area contributed by atoms with E-state index in [1.807, 2.05) is 12.1 Å². The number of fused-ring (bicyclic) bond motifs is 1. The molecule has 8 heteroatoms. The van der Waals surface area contributed by atoms with Gasteiger partial charge in [0.2, 0.25) is 5.91 Å². The van der Waals surface area contributed by atoms with E-state index < -0.39 is 17.7 Å². The number of nitrogens with zero attached hydrogens (tertiary/aromatic N) is 2. The maximum absolute atomic E-state index is 12.8. The van der Waals surface area contributed by atoms with Crippen molar-refractivity contribution in [2.75, 3.05) is 36.4 Å². The summed E-state index contributed by atoms with van der Waals surface area (Å²) in [7, 11) is 0. The summed E-state index contributed by atoms with van der Waals surface area (Å²) in [6.45, 7) is 4.35. The molecule has 0 saturated carbocycles. The van der Waals surface area contributed by atoms with E-state index in [1.165, 1.54) is 26.2 Å². The first-order valence-corrected chi connectivity index (χ1v) is 10.6. The van der Waals surface area contributed by atoms with Crippen molar-refractivity contribution < 1.29 is 19.5 Å². The normalized spacial score (nSPS) is 24.2. The summed E-state index contributed by atoms with van der Waals surface area (Å²) in [5, 5.41) is 16.2. The molecule has 3 aliphatic heterocycles. The molecule has 3 aliphatic rings. The van der Waals surface area contributed by atoms with Crippen molar-refractivity contribution >= 4 is 29.1 Å². The van der Waals surface area contributed by atoms with Crippen LogP contribution < -0.4 is 15.5 Å². The first-order valence-electron chi connectivity index (χ1n) is 10.6. The van der Waals surface area contributed by atoms with Crippen molar-refractivity contribution in [1.29, 1.82) is 0 Å². The van der Waals surface area contributed by atoms with E-state index in [0.717, 1.165) is 18.8 Å². The van der Waals surface area contributed by atoms with Gasteiger partial charge in [0.25, 0.3) is 11.8 Å². The van der Waals surface area contributed by atoms with Gasteiger partial charge in [0, 0.05) is 50.5 Å². The van der Waals surface area contributed by atoms with Crippen LogP contribution >= 0.6 is 0 Å². The number of nitrogens with one attached hydrogen (secondary N) is 2. The number of anilines is 2. The van der Waals surface area contributed by atoms with E-state index in [1.54, 1.807) is 17.0 Å². The van der Waals surface area contributed by atoms with Gasteiger partial charge in [-0.1, -0.05) is 0 Å². The highest BCUT2D eigenvalue weighted by atomic mass is 16.3. The number of piperidine rings is 2. The summed E-state index contributed by atoms with van der Waals surface area (Å²) in [6.07, 6.45) is 4.18. The molecule has 1 aromatic carbocycles. The highest BCUT2D eigenvalue weighted by Gasteiger charge is 2.42. The topological polar surface area (TPSA) is 102 Å². The van der Waals surface area contributed by atoms with Crippen LogP contribution in [0.4, 0.5) is 11.4 Å². The van der Waals surface area contributed by atoms with Crippen LogP contribution in [0.15, 0.2) is 35.6 Å². The van der Waals surface area contributed by atoms with Crippen LogP contribution in [0.25, 0.3) is 0 Å². The second kappa shape index (κ2) is 8.38. The molecule has 0 bridgehead atoms. The third-order valence-corrected chi connectivity index (χ3v) is 6.28. The van der Waals surface area contributed by atoms with E-state index in [2.05, 4.69) is 15.5 Å². The summed E-state index contributed by atoms with van der Waals surface area (Å²) in [6, 6.07) is 7.26. The first-order chi connectivity index (χ1) is 14.4. The molecule has 3 N–H and O–H groups in total. The van der Waals surface area contributed by atoms with Crippen molar-refractivity contribution in [1.82, 2.24) is 10.2 Å². The smallest absolute Gasteiger partial charge is 0.264 e. The predicted octanol–water partition coefficient (Wildman–Crippen LogP) is 1.79. The molecule has 2 unspecified atom stereocenters. The zero-order chi connectivity index (χ0) is 21.3. The molecule has 0 aromatic heterocycles. The Balaban J connectivity index is 1.48. The monoisotopic (exact) mass is 412 g/mol. The van der Waals surface area contributed by atoms with E-state index in [0.29, 0.717) is 18.7 Å². The molecule has 2 saturated heterocycles. The lowest BCUT2D eigenvalue weighted by atomic mass is 9.84. The number of rotatable bonds is 3. The number of carbonyl (C=O) groups excluding carboxylic acids is 3. The molecule has 2 atom stereocenters. The Morgan fingerprint density at radius 2 is 1.80 bits per heavy atom. The Morgan fingerprint density at radius 1 is 1.10 bits per heavy atom. The average molecular weight is 412 g/mol. The minimum absolute atomic E-state index is 0.0852. The van der Waals surface area contributed by atoms with Crippen LogP contribution in [0.2, 0.25) is 0 Å². The van der Waals surface area contributed by atoms with Crippen LogP contribution in [0.1, 0.15) is 32.6 Å². The maximum Gasteiger partial charge on any atom is 0.264 e. The van der Waals surface area contributed by atoms with Gasteiger partial charge in [0.15, 0.2) is 0 Å². The van der Waals surface area contributed by atoms with E-state index >= 15 is 0 Å². The molecule has 0 spiro atoms. The highest BCUT2D eigenvalue weighted by molar-refractivity contribution is 6.23. The highest BCUT2D eigenvalue weighted by Crippen LogP contribution is 2.30. The van der Waals surface area contributed by atoms with Crippen molar-refractivity contribution in [2.45, 2.75) is 38.6 Å². The number of amides is 3. The molecule has 1 aromatic rings. The second-order valence-electron chi connectivity index (χ2n) is 8.25. The minimum Gasteiger partial charge on any atom is -0.511 e. The molecular formula is C22H28N4O4. The van der Waals surface area contributed by atoms with Crippen molar-refractivity contribution in [3.8, 4) is 0 Å². The standard InChI is InChI=1S/C22H28N4O4/c1-14(27)26-12-9-18-17(13-26)20(28)19(22(30)24-18)21(29)23-15-5-7-16(8-6-15)25-10-3-2-4-11-25/h5-8,17-18,28H,2-4,9-13H2,1H3,(H,23,29)(H,24,30). The minimum atomic E-state index is -0.644. The lowest BCUT2D eigenvalue weighted by Crippen LogP contribution is -2.56.